The third-order valence-corrected chi connectivity index (χ3v) is 9.20. The SMILES string of the molecule is Cc1ccc(Sc2ccc([C@@H]3[C@H](c4ccccn4)NC(=S)N3c3ccc(N4C[C@@H](C)C[C@H](C)C4)c(Cl)c3)o2)cc1. The third-order valence-electron chi connectivity index (χ3n) is 7.65. The molecule has 5 nitrogen and oxygen atoms in total. The first kappa shape index (κ1) is 27.2. The van der Waals surface area contributed by atoms with Gasteiger partial charge in [0.2, 0.25) is 0 Å². The van der Waals surface area contributed by atoms with E-state index in [9.17, 15) is 0 Å². The van der Waals surface area contributed by atoms with E-state index < -0.39 is 0 Å². The van der Waals surface area contributed by atoms with E-state index in [1.54, 1.807) is 11.8 Å². The molecule has 0 spiro atoms. The topological polar surface area (TPSA) is 44.5 Å². The standard InChI is InChI=1S/C32H33ClN4OS2/c1-20-7-10-24(11-8-20)40-29-14-13-28(38-29)31-30(26-6-4-5-15-34-26)35-32(39)37(31)23-9-12-27(25(33)17-23)36-18-21(2)16-22(3)19-36/h4-15,17,21-22,30-31H,16,18-19H2,1-3H3,(H,35,39)/t21-,22-,30-,31+/m0/s1. The smallest absolute Gasteiger partial charge is 0.174 e. The second-order valence-electron chi connectivity index (χ2n) is 11.1. The van der Waals surface area contributed by atoms with Crippen LogP contribution in [0.5, 0.6) is 0 Å². The highest BCUT2D eigenvalue weighted by Gasteiger charge is 2.43. The van der Waals surface area contributed by atoms with Crippen molar-refractivity contribution in [1.82, 2.24) is 10.3 Å². The highest BCUT2D eigenvalue weighted by Crippen LogP contribution is 2.45. The number of hydrogen-bond donors (Lipinski definition) is 1. The van der Waals surface area contributed by atoms with Gasteiger partial charge in [-0.1, -0.05) is 61.0 Å². The largest absolute Gasteiger partial charge is 0.452 e. The lowest BCUT2D eigenvalue weighted by molar-refractivity contribution is 0.357. The van der Waals surface area contributed by atoms with E-state index in [1.165, 1.54) is 12.0 Å². The van der Waals surface area contributed by atoms with Gasteiger partial charge in [-0.3, -0.25) is 4.98 Å². The van der Waals surface area contributed by atoms with Crippen LogP contribution in [0, 0.1) is 18.8 Å². The van der Waals surface area contributed by atoms with Gasteiger partial charge < -0.3 is 19.5 Å². The van der Waals surface area contributed by atoms with Crippen molar-refractivity contribution in [3.8, 4) is 0 Å². The van der Waals surface area contributed by atoms with Gasteiger partial charge in [-0.05, 0) is 92.0 Å². The lowest BCUT2D eigenvalue weighted by Gasteiger charge is -2.37. The maximum atomic E-state index is 6.97. The fourth-order valence-corrected chi connectivity index (χ4v) is 7.37. The molecule has 2 aromatic heterocycles. The molecule has 4 aromatic rings. The number of aromatic nitrogens is 1. The molecule has 6 rings (SSSR count). The number of benzene rings is 2. The molecule has 2 aliphatic rings. The summed E-state index contributed by atoms with van der Waals surface area (Å²) in [6.07, 6.45) is 3.07. The number of rotatable bonds is 6. The number of furan rings is 1. The Morgan fingerprint density at radius 3 is 2.48 bits per heavy atom. The number of aryl methyl sites for hydroxylation is 1. The van der Waals surface area contributed by atoms with Crippen LogP contribution in [0.3, 0.4) is 0 Å². The van der Waals surface area contributed by atoms with E-state index in [-0.39, 0.29) is 12.1 Å². The van der Waals surface area contributed by atoms with E-state index in [2.05, 4.69) is 77.3 Å². The summed E-state index contributed by atoms with van der Waals surface area (Å²) in [5.74, 6) is 2.10. The molecule has 1 N–H and O–H groups in total. The zero-order valence-electron chi connectivity index (χ0n) is 22.9. The molecule has 2 aliphatic heterocycles. The number of pyridine rings is 1. The molecule has 40 heavy (non-hydrogen) atoms. The number of nitrogens with one attached hydrogen (secondary N) is 1. The second kappa shape index (κ2) is 11.5. The molecule has 0 saturated carbocycles. The summed E-state index contributed by atoms with van der Waals surface area (Å²) < 4.78 is 6.48. The zero-order valence-corrected chi connectivity index (χ0v) is 25.3. The van der Waals surface area contributed by atoms with Crippen molar-refractivity contribution in [3.63, 3.8) is 0 Å². The first-order valence-electron chi connectivity index (χ1n) is 13.7. The van der Waals surface area contributed by atoms with Crippen LogP contribution in [0.15, 0.2) is 93.4 Å². The Balaban J connectivity index is 1.34. The highest BCUT2D eigenvalue weighted by molar-refractivity contribution is 7.99. The summed E-state index contributed by atoms with van der Waals surface area (Å²) in [4.78, 5) is 10.3. The zero-order chi connectivity index (χ0) is 27.8. The molecular weight excluding hydrogens is 556 g/mol. The quantitative estimate of drug-likeness (QED) is 0.227. The lowest BCUT2D eigenvalue weighted by Crippen LogP contribution is -2.38. The fourth-order valence-electron chi connectivity index (χ4n) is 5.95. The van der Waals surface area contributed by atoms with E-state index in [0.717, 1.165) is 50.9 Å². The van der Waals surface area contributed by atoms with Gasteiger partial charge in [0.1, 0.15) is 11.8 Å². The molecule has 8 heteroatoms. The van der Waals surface area contributed by atoms with Crippen LogP contribution >= 0.6 is 35.6 Å². The number of hydrogen-bond acceptors (Lipinski definition) is 5. The monoisotopic (exact) mass is 588 g/mol. The summed E-state index contributed by atoms with van der Waals surface area (Å²) >= 11 is 14.5. The van der Waals surface area contributed by atoms with Gasteiger partial charge in [-0.15, -0.1) is 0 Å². The summed E-state index contributed by atoms with van der Waals surface area (Å²) in [6, 6.07) is 24.4. The number of anilines is 2. The number of halogens is 1. The van der Waals surface area contributed by atoms with Crippen molar-refractivity contribution in [1.29, 1.82) is 0 Å². The van der Waals surface area contributed by atoms with Crippen molar-refractivity contribution in [2.75, 3.05) is 22.9 Å². The fraction of sp³-hybridized carbons (Fsp3) is 0.312. The van der Waals surface area contributed by atoms with Crippen LogP contribution in [-0.4, -0.2) is 23.2 Å². The minimum absolute atomic E-state index is 0.181. The van der Waals surface area contributed by atoms with E-state index in [1.807, 2.05) is 42.6 Å². The maximum absolute atomic E-state index is 6.97. The molecule has 0 bridgehead atoms. The Hall–Kier alpha value is -3.00. The number of thiocarbonyl (C=S) groups is 1. The van der Waals surface area contributed by atoms with Crippen LogP contribution in [-0.2, 0) is 0 Å². The van der Waals surface area contributed by atoms with Crippen molar-refractivity contribution >= 4 is 52.1 Å². The Morgan fingerprint density at radius 1 is 1.00 bits per heavy atom. The minimum Gasteiger partial charge on any atom is -0.452 e. The van der Waals surface area contributed by atoms with Gasteiger partial charge in [0, 0.05) is 29.9 Å². The van der Waals surface area contributed by atoms with Crippen molar-refractivity contribution in [2.24, 2.45) is 11.8 Å². The van der Waals surface area contributed by atoms with Gasteiger partial charge in [0.15, 0.2) is 10.2 Å². The van der Waals surface area contributed by atoms with Crippen molar-refractivity contribution in [2.45, 2.75) is 49.3 Å². The first-order valence-corrected chi connectivity index (χ1v) is 15.4. The predicted molar refractivity (Wildman–Crippen MR) is 169 cm³/mol. The van der Waals surface area contributed by atoms with Crippen LogP contribution in [0.2, 0.25) is 5.02 Å². The predicted octanol–water partition coefficient (Wildman–Crippen LogP) is 8.45. The minimum atomic E-state index is -0.230. The molecule has 2 aromatic carbocycles. The second-order valence-corrected chi connectivity index (χ2v) is 12.9. The Labute approximate surface area is 250 Å². The number of nitrogens with zero attached hydrogens (tertiary/aromatic N) is 3. The van der Waals surface area contributed by atoms with Crippen LogP contribution in [0.25, 0.3) is 0 Å². The van der Waals surface area contributed by atoms with E-state index >= 15 is 0 Å². The molecule has 4 atom stereocenters. The molecule has 2 saturated heterocycles. The maximum Gasteiger partial charge on any atom is 0.174 e. The van der Waals surface area contributed by atoms with Crippen molar-refractivity contribution < 1.29 is 4.42 Å². The molecule has 0 unspecified atom stereocenters. The van der Waals surface area contributed by atoms with Gasteiger partial charge in [-0.25, -0.2) is 0 Å². The lowest BCUT2D eigenvalue weighted by atomic mass is 9.91. The van der Waals surface area contributed by atoms with Gasteiger partial charge in [0.25, 0.3) is 0 Å². The number of piperidine rings is 1. The van der Waals surface area contributed by atoms with E-state index in [0.29, 0.717) is 16.9 Å². The van der Waals surface area contributed by atoms with Crippen LogP contribution < -0.4 is 15.1 Å². The summed E-state index contributed by atoms with van der Waals surface area (Å²) in [7, 11) is 0. The first-order chi connectivity index (χ1) is 19.4. The third kappa shape index (κ3) is 5.60. The molecule has 2 fully saturated rings. The molecule has 206 valence electrons. The van der Waals surface area contributed by atoms with Crippen molar-refractivity contribution in [3.05, 3.63) is 101 Å². The summed E-state index contributed by atoms with van der Waals surface area (Å²) in [5, 5.41) is 5.70. The Bertz CT molecular complexity index is 1480. The normalized spacial score (nSPS) is 22.9. The average Bonchev–Trinajstić information content (AvgIpc) is 3.53. The van der Waals surface area contributed by atoms with Gasteiger partial charge in [0.05, 0.1) is 22.4 Å². The average molecular weight is 589 g/mol. The Kier molecular flexibility index (Phi) is 7.80. The van der Waals surface area contributed by atoms with E-state index in [4.69, 9.17) is 28.2 Å². The Morgan fingerprint density at radius 2 is 1.77 bits per heavy atom. The summed E-state index contributed by atoms with van der Waals surface area (Å²) in [5.41, 5.74) is 4.14. The molecule has 0 amide bonds. The molecule has 4 heterocycles. The molecule has 0 aliphatic carbocycles. The van der Waals surface area contributed by atoms with Crippen LogP contribution in [0.1, 0.15) is 49.4 Å². The molecular formula is C32H33ClN4OS2. The van der Waals surface area contributed by atoms with Gasteiger partial charge >= 0.3 is 0 Å². The van der Waals surface area contributed by atoms with Crippen LogP contribution in [0.4, 0.5) is 11.4 Å². The summed E-state index contributed by atoms with van der Waals surface area (Å²) in [6.45, 7) is 8.76. The highest BCUT2D eigenvalue weighted by atomic mass is 35.5. The molecule has 0 radical (unpaired) electrons. The van der Waals surface area contributed by atoms with Gasteiger partial charge in [-0.2, -0.15) is 0 Å².